The van der Waals surface area contributed by atoms with Crippen molar-refractivity contribution in [2.45, 2.75) is 33.2 Å². The zero-order valence-electron chi connectivity index (χ0n) is 19.5. The fourth-order valence-corrected chi connectivity index (χ4v) is 4.91. The van der Waals surface area contributed by atoms with Crippen LogP contribution in [0.15, 0.2) is 59.9 Å². The van der Waals surface area contributed by atoms with Gasteiger partial charge in [0.25, 0.3) is 5.91 Å². The van der Waals surface area contributed by atoms with Gasteiger partial charge in [-0.05, 0) is 50.1 Å². The number of ketones is 1. The van der Waals surface area contributed by atoms with Gasteiger partial charge in [0.05, 0.1) is 40.9 Å². The van der Waals surface area contributed by atoms with E-state index >= 15 is 0 Å². The number of rotatable bonds is 8. The summed E-state index contributed by atoms with van der Waals surface area (Å²) in [5.41, 5.74) is 1.74. The first-order valence-electron chi connectivity index (χ1n) is 11.0. The molecular weight excluding hydrogens is 452 g/mol. The van der Waals surface area contributed by atoms with Crippen LogP contribution in [0.1, 0.15) is 45.3 Å². The van der Waals surface area contributed by atoms with E-state index in [1.807, 2.05) is 32.0 Å². The second kappa shape index (κ2) is 9.69. The van der Waals surface area contributed by atoms with Crippen molar-refractivity contribution in [3.8, 4) is 11.5 Å². The minimum absolute atomic E-state index is 0.0206. The van der Waals surface area contributed by atoms with Crippen LogP contribution in [-0.4, -0.2) is 35.5 Å². The molecule has 1 atom stereocenters. The number of hydrogen-bond donors (Lipinski definition) is 1. The number of carbonyl (C=O) groups excluding carboxylic acids is 2. The zero-order valence-corrected chi connectivity index (χ0v) is 20.3. The Morgan fingerprint density at radius 2 is 1.88 bits per heavy atom. The first-order chi connectivity index (χ1) is 16.3. The van der Waals surface area contributed by atoms with Crippen molar-refractivity contribution in [3.63, 3.8) is 0 Å². The fraction of sp³-hybridized carbons (Fsp3) is 0.269. The number of Topliss-reactive ketones (excluding diaryl/α,β-unsaturated/α-hetero) is 1. The molecule has 0 fully saturated rings. The summed E-state index contributed by atoms with van der Waals surface area (Å²) >= 11 is 1.25. The molecule has 8 heteroatoms. The number of methoxy groups -OCH3 is 1. The Labute approximate surface area is 202 Å². The largest absolute Gasteiger partial charge is 0.503 e. The molecule has 7 nitrogen and oxygen atoms in total. The first kappa shape index (κ1) is 23.5. The average Bonchev–Trinajstić information content (AvgIpc) is 3.32. The van der Waals surface area contributed by atoms with Gasteiger partial charge in [-0.2, -0.15) is 0 Å². The van der Waals surface area contributed by atoms with E-state index < -0.39 is 23.5 Å². The third-order valence-electron chi connectivity index (χ3n) is 5.54. The number of aliphatic hydroxyl groups is 1. The van der Waals surface area contributed by atoms with E-state index in [-0.39, 0.29) is 5.57 Å². The molecule has 1 aromatic heterocycles. The number of anilines is 1. The number of carbonyl (C=O) groups is 2. The van der Waals surface area contributed by atoms with Crippen LogP contribution in [0.2, 0.25) is 0 Å². The van der Waals surface area contributed by atoms with Crippen molar-refractivity contribution >= 4 is 28.7 Å². The Kier molecular flexibility index (Phi) is 6.70. The van der Waals surface area contributed by atoms with Gasteiger partial charge in [0.1, 0.15) is 11.5 Å². The minimum Gasteiger partial charge on any atom is -0.503 e. The van der Waals surface area contributed by atoms with Gasteiger partial charge < -0.3 is 14.6 Å². The van der Waals surface area contributed by atoms with E-state index in [1.54, 1.807) is 37.3 Å². The SMILES string of the molecule is CCCOc1cccc(C2C(C(=O)c3sc(C)nc3C)=C(O)C(=O)N2c2cccc(OC)c2)c1. The average molecular weight is 479 g/mol. The monoisotopic (exact) mass is 478 g/mol. The van der Waals surface area contributed by atoms with Gasteiger partial charge in [0.15, 0.2) is 5.76 Å². The van der Waals surface area contributed by atoms with Gasteiger partial charge >= 0.3 is 0 Å². The van der Waals surface area contributed by atoms with Gasteiger partial charge in [-0.1, -0.05) is 25.1 Å². The molecule has 0 aliphatic carbocycles. The van der Waals surface area contributed by atoms with Crippen molar-refractivity contribution in [1.82, 2.24) is 4.98 Å². The predicted octanol–water partition coefficient (Wildman–Crippen LogP) is 5.34. The third-order valence-corrected chi connectivity index (χ3v) is 6.61. The van der Waals surface area contributed by atoms with Crippen molar-refractivity contribution < 1.29 is 24.2 Å². The van der Waals surface area contributed by atoms with Gasteiger partial charge in [-0.15, -0.1) is 11.3 Å². The highest BCUT2D eigenvalue weighted by atomic mass is 32.1. The van der Waals surface area contributed by atoms with Crippen LogP contribution in [0, 0.1) is 13.8 Å². The van der Waals surface area contributed by atoms with Crippen molar-refractivity contribution in [3.05, 3.63) is 81.0 Å². The molecule has 0 bridgehead atoms. The van der Waals surface area contributed by atoms with E-state index in [0.29, 0.717) is 39.9 Å². The molecule has 1 aliphatic rings. The summed E-state index contributed by atoms with van der Waals surface area (Å²) in [6, 6.07) is 13.4. The predicted molar refractivity (Wildman–Crippen MR) is 131 cm³/mol. The molecule has 4 rings (SSSR count). The maximum atomic E-state index is 13.7. The summed E-state index contributed by atoms with van der Waals surface area (Å²) in [5.74, 6) is -0.453. The molecule has 0 spiro atoms. The molecule has 0 saturated heterocycles. The number of aryl methyl sites for hydroxylation is 2. The lowest BCUT2D eigenvalue weighted by Crippen LogP contribution is -2.31. The van der Waals surface area contributed by atoms with Gasteiger partial charge in [0, 0.05) is 11.8 Å². The molecule has 3 aromatic rings. The van der Waals surface area contributed by atoms with Gasteiger partial charge in [-0.3, -0.25) is 14.5 Å². The molecule has 2 aromatic carbocycles. The Morgan fingerprint density at radius 1 is 1.15 bits per heavy atom. The highest BCUT2D eigenvalue weighted by molar-refractivity contribution is 7.14. The molecule has 1 unspecified atom stereocenters. The maximum absolute atomic E-state index is 13.7. The van der Waals surface area contributed by atoms with E-state index in [4.69, 9.17) is 9.47 Å². The fourth-order valence-electron chi connectivity index (χ4n) is 4.04. The molecule has 1 aliphatic heterocycles. The zero-order chi connectivity index (χ0) is 24.4. The molecule has 0 radical (unpaired) electrons. The normalized spacial score (nSPS) is 15.7. The summed E-state index contributed by atoms with van der Waals surface area (Å²) in [6.45, 7) is 6.12. The van der Waals surface area contributed by atoms with Crippen LogP contribution in [0.4, 0.5) is 5.69 Å². The summed E-state index contributed by atoms with van der Waals surface area (Å²) in [5, 5.41) is 11.7. The summed E-state index contributed by atoms with van der Waals surface area (Å²) in [6.07, 6.45) is 0.844. The molecule has 1 N–H and O–H groups in total. The molecule has 2 heterocycles. The number of nitrogens with zero attached hydrogens (tertiary/aromatic N) is 2. The van der Waals surface area contributed by atoms with Crippen molar-refractivity contribution in [1.29, 1.82) is 0 Å². The number of aromatic nitrogens is 1. The molecular formula is C26H26N2O5S. The third kappa shape index (κ3) is 4.28. The summed E-state index contributed by atoms with van der Waals surface area (Å²) in [4.78, 5) is 33.2. The number of ether oxygens (including phenoxy) is 2. The van der Waals surface area contributed by atoms with Crippen LogP contribution in [0.5, 0.6) is 11.5 Å². The molecule has 34 heavy (non-hydrogen) atoms. The highest BCUT2D eigenvalue weighted by Gasteiger charge is 2.45. The second-order valence-corrected chi connectivity index (χ2v) is 9.14. The summed E-state index contributed by atoms with van der Waals surface area (Å²) < 4.78 is 11.1. The standard InChI is InChI=1S/C26H26N2O5S/c1-5-12-33-20-11-6-8-17(13-20)22-21(23(29)25-15(2)27-16(3)34-25)24(30)26(31)28(22)18-9-7-10-19(14-18)32-4/h6-11,13-14,22,30H,5,12H2,1-4H3. The van der Waals surface area contributed by atoms with Gasteiger partial charge in [-0.25, -0.2) is 4.98 Å². The Hall–Kier alpha value is -3.65. The van der Waals surface area contributed by atoms with Crippen molar-refractivity contribution in [2.75, 3.05) is 18.6 Å². The van der Waals surface area contributed by atoms with Crippen LogP contribution in [-0.2, 0) is 4.79 Å². The molecule has 176 valence electrons. The molecule has 0 saturated carbocycles. The smallest absolute Gasteiger partial charge is 0.294 e. The Bertz CT molecular complexity index is 1280. The number of amides is 1. The number of benzene rings is 2. The number of aliphatic hydroxyl groups excluding tert-OH is 1. The summed E-state index contributed by atoms with van der Waals surface area (Å²) in [7, 11) is 1.54. The lowest BCUT2D eigenvalue weighted by Gasteiger charge is -2.27. The maximum Gasteiger partial charge on any atom is 0.294 e. The van der Waals surface area contributed by atoms with Crippen LogP contribution < -0.4 is 14.4 Å². The highest BCUT2D eigenvalue weighted by Crippen LogP contribution is 2.44. The van der Waals surface area contributed by atoms with Crippen molar-refractivity contribution in [2.24, 2.45) is 0 Å². The number of hydrogen-bond acceptors (Lipinski definition) is 7. The van der Waals surface area contributed by atoms with Crippen LogP contribution in [0.25, 0.3) is 0 Å². The van der Waals surface area contributed by atoms with E-state index in [9.17, 15) is 14.7 Å². The minimum atomic E-state index is -0.848. The van der Waals surface area contributed by atoms with E-state index in [1.165, 1.54) is 23.3 Å². The van der Waals surface area contributed by atoms with E-state index in [2.05, 4.69) is 4.98 Å². The van der Waals surface area contributed by atoms with Crippen LogP contribution >= 0.6 is 11.3 Å². The van der Waals surface area contributed by atoms with Crippen LogP contribution in [0.3, 0.4) is 0 Å². The van der Waals surface area contributed by atoms with Gasteiger partial charge in [0.2, 0.25) is 5.78 Å². The quantitative estimate of drug-likeness (QED) is 0.440. The topological polar surface area (TPSA) is 89.0 Å². The Balaban J connectivity index is 1.87. The number of thiazole rings is 1. The lowest BCUT2D eigenvalue weighted by molar-refractivity contribution is -0.117. The molecule has 1 amide bonds. The Morgan fingerprint density at radius 3 is 2.56 bits per heavy atom. The second-order valence-electron chi connectivity index (χ2n) is 7.94. The lowest BCUT2D eigenvalue weighted by atomic mass is 9.94. The first-order valence-corrected chi connectivity index (χ1v) is 11.8. The van der Waals surface area contributed by atoms with E-state index in [0.717, 1.165) is 11.4 Å².